The second kappa shape index (κ2) is 5.97. The van der Waals surface area contributed by atoms with E-state index < -0.39 is 0 Å². The number of amides is 2. The van der Waals surface area contributed by atoms with Crippen LogP contribution in [-0.2, 0) is 4.79 Å². The number of hydrogen-bond donors (Lipinski definition) is 2. The second-order valence-electron chi connectivity index (χ2n) is 5.47. The van der Waals surface area contributed by atoms with Crippen LogP contribution in [0, 0.1) is 0 Å². The quantitative estimate of drug-likeness (QED) is 0.910. The predicted octanol–water partition coefficient (Wildman–Crippen LogP) is 2.60. The van der Waals surface area contributed by atoms with Crippen molar-refractivity contribution in [3.8, 4) is 11.1 Å². The number of pyridine rings is 1. The van der Waals surface area contributed by atoms with Crippen molar-refractivity contribution in [1.29, 1.82) is 0 Å². The highest BCUT2D eigenvalue weighted by molar-refractivity contribution is 5.95. The van der Waals surface area contributed by atoms with Crippen LogP contribution in [0.1, 0.15) is 30.1 Å². The molecule has 0 aliphatic heterocycles. The number of nitrogens with one attached hydrogen (secondary N) is 2. The minimum atomic E-state index is -0.118. The van der Waals surface area contributed by atoms with Gasteiger partial charge in [0, 0.05) is 36.6 Å². The fraction of sp³-hybridized carbons (Fsp3) is 0.235. The van der Waals surface area contributed by atoms with Crippen LogP contribution < -0.4 is 10.6 Å². The zero-order valence-corrected chi connectivity index (χ0v) is 12.3. The fourth-order valence-electron chi connectivity index (χ4n) is 2.20. The molecule has 0 unspecified atom stereocenters. The molecule has 5 heteroatoms. The summed E-state index contributed by atoms with van der Waals surface area (Å²) in [7, 11) is 0. The Labute approximate surface area is 128 Å². The molecule has 0 radical (unpaired) electrons. The molecule has 22 heavy (non-hydrogen) atoms. The Bertz CT molecular complexity index is 723. The molecule has 0 atom stereocenters. The zero-order chi connectivity index (χ0) is 15.5. The first-order valence-electron chi connectivity index (χ1n) is 7.26. The van der Waals surface area contributed by atoms with Crippen molar-refractivity contribution in [1.82, 2.24) is 10.3 Å². The summed E-state index contributed by atoms with van der Waals surface area (Å²) in [6, 6.07) is 9.60. The molecule has 3 rings (SSSR count). The molecule has 1 fully saturated rings. The number of carbonyl (C=O) groups excluding carboxylic acids is 2. The van der Waals surface area contributed by atoms with Crippen molar-refractivity contribution in [3.05, 3.63) is 48.3 Å². The maximum Gasteiger partial charge on any atom is 0.253 e. The molecule has 1 heterocycles. The van der Waals surface area contributed by atoms with Gasteiger partial charge in [-0.05, 0) is 36.6 Å². The van der Waals surface area contributed by atoms with Crippen molar-refractivity contribution < 1.29 is 9.59 Å². The Morgan fingerprint density at radius 3 is 2.68 bits per heavy atom. The van der Waals surface area contributed by atoms with E-state index in [1.54, 1.807) is 12.4 Å². The Hall–Kier alpha value is -2.69. The van der Waals surface area contributed by atoms with Gasteiger partial charge in [-0.1, -0.05) is 12.1 Å². The smallest absolute Gasteiger partial charge is 0.253 e. The summed E-state index contributed by atoms with van der Waals surface area (Å²) < 4.78 is 0. The Balaban J connectivity index is 1.84. The van der Waals surface area contributed by atoms with E-state index in [0.29, 0.717) is 11.6 Å². The maximum absolute atomic E-state index is 12.1. The summed E-state index contributed by atoms with van der Waals surface area (Å²) in [6.07, 6.45) is 5.38. The first-order valence-corrected chi connectivity index (χ1v) is 7.26. The lowest BCUT2D eigenvalue weighted by Gasteiger charge is -2.08. The molecule has 0 spiro atoms. The largest absolute Gasteiger partial charge is 0.349 e. The van der Waals surface area contributed by atoms with Crippen molar-refractivity contribution in [2.75, 3.05) is 5.32 Å². The van der Waals surface area contributed by atoms with Crippen molar-refractivity contribution in [2.45, 2.75) is 25.8 Å². The van der Waals surface area contributed by atoms with E-state index >= 15 is 0 Å². The van der Waals surface area contributed by atoms with Gasteiger partial charge < -0.3 is 10.6 Å². The van der Waals surface area contributed by atoms with Crippen LogP contribution in [0.4, 0.5) is 5.69 Å². The molecular formula is C17H17N3O2. The Morgan fingerprint density at radius 2 is 1.95 bits per heavy atom. The highest BCUT2D eigenvalue weighted by atomic mass is 16.2. The first-order chi connectivity index (χ1) is 10.6. The predicted molar refractivity (Wildman–Crippen MR) is 84.5 cm³/mol. The van der Waals surface area contributed by atoms with Gasteiger partial charge >= 0.3 is 0 Å². The summed E-state index contributed by atoms with van der Waals surface area (Å²) in [4.78, 5) is 27.4. The lowest BCUT2D eigenvalue weighted by molar-refractivity contribution is -0.114. The highest BCUT2D eigenvalue weighted by Gasteiger charge is 2.24. The van der Waals surface area contributed by atoms with Gasteiger partial charge in [-0.2, -0.15) is 0 Å². The number of nitrogens with zero attached hydrogens (tertiary/aromatic N) is 1. The SMILES string of the molecule is CC(=O)Nc1cccc(-c2cncc(C(=O)NC3CC3)c2)c1. The standard InChI is InChI=1S/C17H17N3O2/c1-11(21)19-16-4-2-3-12(8-16)13-7-14(10-18-9-13)17(22)20-15-5-6-15/h2-4,7-10,15H,5-6H2,1H3,(H,19,21)(H,20,22). The Kier molecular flexibility index (Phi) is 3.87. The lowest BCUT2D eigenvalue weighted by Crippen LogP contribution is -2.25. The molecule has 1 saturated carbocycles. The van der Waals surface area contributed by atoms with E-state index in [1.807, 2.05) is 30.3 Å². The van der Waals surface area contributed by atoms with Crippen LogP contribution in [0.15, 0.2) is 42.7 Å². The zero-order valence-electron chi connectivity index (χ0n) is 12.3. The van der Waals surface area contributed by atoms with Crippen LogP contribution >= 0.6 is 0 Å². The fourth-order valence-corrected chi connectivity index (χ4v) is 2.20. The van der Waals surface area contributed by atoms with Gasteiger partial charge in [0.15, 0.2) is 0 Å². The third-order valence-electron chi connectivity index (χ3n) is 3.43. The van der Waals surface area contributed by atoms with Crippen LogP contribution in [0.5, 0.6) is 0 Å². The molecule has 112 valence electrons. The summed E-state index contributed by atoms with van der Waals surface area (Å²) >= 11 is 0. The third-order valence-corrected chi connectivity index (χ3v) is 3.43. The molecule has 2 aromatic rings. The molecule has 0 bridgehead atoms. The van der Waals surface area contributed by atoms with Gasteiger partial charge in [0.05, 0.1) is 5.56 Å². The molecule has 2 amide bonds. The molecule has 1 aromatic heterocycles. The minimum absolute atomic E-state index is 0.0881. The maximum atomic E-state index is 12.1. The minimum Gasteiger partial charge on any atom is -0.349 e. The van der Waals surface area contributed by atoms with E-state index in [9.17, 15) is 9.59 Å². The second-order valence-corrected chi connectivity index (χ2v) is 5.47. The number of aromatic nitrogens is 1. The van der Waals surface area contributed by atoms with Crippen molar-refractivity contribution >= 4 is 17.5 Å². The van der Waals surface area contributed by atoms with Gasteiger partial charge in [-0.25, -0.2) is 0 Å². The summed E-state index contributed by atoms with van der Waals surface area (Å²) in [5.41, 5.74) is 3.02. The van der Waals surface area contributed by atoms with E-state index in [-0.39, 0.29) is 11.8 Å². The number of benzene rings is 1. The van der Waals surface area contributed by atoms with Crippen LogP contribution in [0.3, 0.4) is 0 Å². The molecular weight excluding hydrogens is 278 g/mol. The molecule has 1 aliphatic rings. The van der Waals surface area contributed by atoms with E-state index in [2.05, 4.69) is 15.6 Å². The van der Waals surface area contributed by atoms with Gasteiger partial charge in [0.1, 0.15) is 0 Å². The number of hydrogen-bond acceptors (Lipinski definition) is 3. The normalized spacial score (nSPS) is 13.5. The Morgan fingerprint density at radius 1 is 1.14 bits per heavy atom. The third kappa shape index (κ3) is 3.49. The van der Waals surface area contributed by atoms with E-state index in [4.69, 9.17) is 0 Å². The monoisotopic (exact) mass is 295 g/mol. The number of anilines is 1. The van der Waals surface area contributed by atoms with Crippen molar-refractivity contribution in [3.63, 3.8) is 0 Å². The van der Waals surface area contributed by atoms with Gasteiger partial charge in [0.2, 0.25) is 5.91 Å². The van der Waals surface area contributed by atoms with Crippen LogP contribution in [0.2, 0.25) is 0 Å². The molecule has 1 aromatic carbocycles. The first kappa shape index (κ1) is 14.3. The lowest BCUT2D eigenvalue weighted by atomic mass is 10.1. The topological polar surface area (TPSA) is 71.1 Å². The summed E-state index contributed by atoms with van der Waals surface area (Å²) in [5.74, 6) is -0.206. The van der Waals surface area contributed by atoms with Gasteiger partial charge in [0.25, 0.3) is 5.91 Å². The van der Waals surface area contributed by atoms with Crippen molar-refractivity contribution in [2.24, 2.45) is 0 Å². The summed E-state index contributed by atoms with van der Waals surface area (Å²) in [6.45, 7) is 1.47. The summed E-state index contributed by atoms with van der Waals surface area (Å²) in [5, 5.41) is 5.70. The molecule has 0 saturated heterocycles. The van der Waals surface area contributed by atoms with E-state index in [0.717, 1.165) is 29.7 Å². The van der Waals surface area contributed by atoms with Crippen LogP contribution in [0.25, 0.3) is 11.1 Å². The number of rotatable bonds is 4. The molecule has 1 aliphatic carbocycles. The highest BCUT2D eigenvalue weighted by Crippen LogP contribution is 2.24. The van der Waals surface area contributed by atoms with Crippen LogP contribution in [-0.4, -0.2) is 22.8 Å². The van der Waals surface area contributed by atoms with Gasteiger partial charge in [-0.3, -0.25) is 14.6 Å². The molecule has 5 nitrogen and oxygen atoms in total. The molecule has 2 N–H and O–H groups in total. The number of carbonyl (C=O) groups is 2. The van der Waals surface area contributed by atoms with E-state index in [1.165, 1.54) is 6.92 Å². The van der Waals surface area contributed by atoms with Gasteiger partial charge in [-0.15, -0.1) is 0 Å². The average Bonchev–Trinajstić information content (AvgIpc) is 3.31. The average molecular weight is 295 g/mol.